The van der Waals surface area contributed by atoms with Gasteiger partial charge in [-0.25, -0.2) is 4.98 Å². The van der Waals surface area contributed by atoms with Gasteiger partial charge in [-0.3, -0.25) is 4.79 Å². The van der Waals surface area contributed by atoms with Crippen molar-refractivity contribution in [2.45, 2.75) is 39.0 Å². The second-order valence-corrected chi connectivity index (χ2v) is 5.81. The summed E-state index contributed by atoms with van der Waals surface area (Å²) in [5, 5.41) is 20.5. The van der Waals surface area contributed by atoms with Crippen molar-refractivity contribution in [1.29, 1.82) is 0 Å². The number of nitrogens with one attached hydrogen (secondary N) is 1. The van der Waals surface area contributed by atoms with Crippen LogP contribution in [0.2, 0.25) is 0 Å². The standard InChI is InChI=1S/C11H18N2O4S/c1-11(2,3)13-9(16)7-6-12-10(18-7)17-5-4-8(14)15/h6,8,14-15H,4-5H2,1-3H3,(H,13,16). The van der Waals surface area contributed by atoms with Crippen LogP contribution in [0.3, 0.4) is 0 Å². The number of hydrogen-bond donors (Lipinski definition) is 3. The van der Waals surface area contributed by atoms with E-state index < -0.39 is 6.29 Å². The maximum absolute atomic E-state index is 11.8. The summed E-state index contributed by atoms with van der Waals surface area (Å²) in [5.41, 5.74) is -0.302. The third-order valence-corrected chi connectivity index (χ3v) is 2.71. The van der Waals surface area contributed by atoms with Crippen LogP contribution < -0.4 is 10.1 Å². The normalized spacial score (nSPS) is 11.7. The Morgan fingerprint density at radius 1 is 1.56 bits per heavy atom. The van der Waals surface area contributed by atoms with E-state index in [1.165, 1.54) is 6.20 Å². The van der Waals surface area contributed by atoms with Crippen molar-refractivity contribution in [2.24, 2.45) is 0 Å². The molecule has 1 aromatic rings. The Balaban J connectivity index is 2.50. The van der Waals surface area contributed by atoms with Gasteiger partial charge in [-0.1, -0.05) is 11.3 Å². The fourth-order valence-corrected chi connectivity index (χ4v) is 1.77. The minimum absolute atomic E-state index is 0.100. The Kier molecular flexibility index (Phi) is 5.06. The van der Waals surface area contributed by atoms with Gasteiger partial charge >= 0.3 is 0 Å². The molecule has 7 heteroatoms. The van der Waals surface area contributed by atoms with Crippen LogP contribution in [-0.4, -0.2) is 39.5 Å². The van der Waals surface area contributed by atoms with Gasteiger partial charge in [0.2, 0.25) is 0 Å². The molecular formula is C11H18N2O4S. The average Bonchev–Trinajstić information content (AvgIpc) is 2.63. The predicted octanol–water partition coefficient (Wildman–Crippen LogP) is 0.751. The first kappa shape index (κ1) is 14.9. The number of ether oxygens (including phenoxy) is 1. The molecule has 0 aliphatic carbocycles. The number of thiazole rings is 1. The van der Waals surface area contributed by atoms with E-state index in [0.717, 1.165) is 11.3 Å². The number of rotatable bonds is 5. The Labute approximate surface area is 110 Å². The first-order chi connectivity index (χ1) is 8.28. The Hall–Kier alpha value is -1.18. The zero-order chi connectivity index (χ0) is 13.8. The van der Waals surface area contributed by atoms with Crippen LogP contribution in [0.25, 0.3) is 0 Å². The van der Waals surface area contributed by atoms with Crippen molar-refractivity contribution in [2.75, 3.05) is 6.61 Å². The van der Waals surface area contributed by atoms with Crippen LogP contribution >= 0.6 is 11.3 Å². The fourth-order valence-electron chi connectivity index (χ4n) is 1.08. The Bertz CT molecular complexity index is 398. The molecule has 1 amide bonds. The second-order valence-electron chi connectivity index (χ2n) is 4.81. The molecule has 18 heavy (non-hydrogen) atoms. The van der Waals surface area contributed by atoms with Crippen molar-refractivity contribution in [1.82, 2.24) is 10.3 Å². The van der Waals surface area contributed by atoms with Crippen LogP contribution in [0.5, 0.6) is 5.19 Å². The van der Waals surface area contributed by atoms with Gasteiger partial charge in [-0.05, 0) is 20.8 Å². The van der Waals surface area contributed by atoms with Gasteiger partial charge in [0.25, 0.3) is 11.1 Å². The lowest BCUT2D eigenvalue weighted by Crippen LogP contribution is -2.40. The molecule has 0 aromatic carbocycles. The van der Waals surface area contributed by atoms with E-state index in [4.69, 9.17) is 14.9 Å². The first-order valence-corrected chi connectivity index (χ1v) is 6.37. The van der Waals surface area contributed by atoms with Crippen molar-refractivity contribution in [3.8, 4) is 5.19 Å². The van der Waals surface area contributed by atoms with Gasteiger partial charge in [0.05, 0.1) is 12.8 Å². The predicted molar refractivity (Wildman–Crippen MR) is 67.7 cm³/mol. The summed E-state index contributed by atoms with van der Waals surface area (Å²) >= 11 is 1.12. The molecule has 0 fully saturated rings. The van der Waals surface area contributed by atoms with Gasteiger partial charge in [0.1, 0.15) is 4.88 Å². The molecule has 0 unspecified atom stereocenters. The maximum atomic E-state index is 11.8. The molecule has 0 saturated heterocycles. The minimum atomic E-state index is -1.39. The highest BCUT2D eigenvalue weighted by Gasteiger charge is 2.17. The van der Waals surface area contributed by atoms with Crippen molar-refractivity contribution in [3.63, 3.8) is 0 Å². The summed E-state index contributed by atoms with van der Waals surface area (Å²) in [6.45, 7) is 5.83. The van der Waals surface area contributed by atoms with E-state index in [-0.39, 0.29) is 24.5 Å². The second kappa shape index (κ2) is 6.12. The summed E-state index contributed by atoms with van der Waals surface area (Å²) in [6, 6.07) is 0. The molecule has 3 N–H and O–H groups in total. The molecule has 0 aliphatic rings. The lowest BCUT2D eigenvalue weighted by molar-refractivity contribution is -0.0519. The largest absolute Gasteiger partial charge is 0.470 e. The zero-order valence-corrected chi connectivity index (χ0v) is 11.5. The van der Waals surface area contributed by atoms with E-state index in [0.29, 0.717) is 10.1 Å². The van der Waals surface area contributed by atoms with Crippen LogP contribution in [0.4, 0.5) is 0 Å². The van der Waals surface area contributed by atoms with E-state index in [1.807, 2.05) is 20.8 Å². The number of aliphatic hydroxyl groups is 2. The SMILES string of the molecule is CC(C)(C)NC(=O)c1cnc(OCCC(O)O)s1. The number of hydrogen-bond acceptors (Lipinski definition) is 6. The van der Waals surface area contributed by atoms with E-state index in [9.17, 15) is 4.79 Å². The highest BCUT2D eigenvalue weighted by molar-refractivity contribution is 7.15. The summed E-state index contributed by atoms with van der Waals surface area (Å²) < 4.78 is 5.19. The molecule has 0 aliphatic heterocycles. The van der Waals surface area contributed by atoms with Crippen LogP contribution in [0.15, 0.2) is 6.20 Å². The molecule has 102 valence electrons. The molecule has 6 nitrogen and oxygen atoms in total. The lowest BCUT2D eigenvalue weighted by atomic mass is 10.1. The van der Waals surface area contributed by atoms with Gasteiger partial charge in [0, 0.05) is 12.0 Å². The van der Waals surface area contributed by atoms with Crippen LogP contribution in [0.1, 0.15) is 36.9 Å². The summed E-state index contributed by atoms with van der Waals surface area (Å²) in [6.07, 6.45) is 0.146. The van der Waals surface area contributed by atoms with Gasteiger partial charge < -0.3 is 20.3 Å². The maximum Gasteiger partial charge on any atom is 0.273 e. The van der Waals surface area contributed by atoms with Gasteiger partial charge in [-0.2, -0.15) is 0 Å². The summed E-state index contributed by atoms with van der Waals surface area (Å²) in [5.74, 6) is -0.197. The third-order valence-electron chi connectivity index (χ3n) is 1.80. The van der Waals surface area contributed by atoms with Crippen molar-refractivity contribution < 1.29 is 19.7 Å². The Morgan fingerprint density at radius 2 is 2.22 bits per heavy atom. The number of nitrogens with zero attached hydrogens (tertiary/aromatic N) is 1. The fraction of sp³-hybridized carbons (Fsp3) is 0.636. The van der Waals surface area contributed by atoms with Crippen LogP contribution in [-0.2, 0) is 0 Å². The lowest BCUT2D eigenvalue weighted by Gasteiger charge is -2.19. The van der Waals surface area contributed by atoms with E-state index in [1.54, 1.807) is 0 Å². The molecule has 1 heterocycles. The molecular weight excluding hydrogens is 256 g/mol. The van der Waals surface area contributed by atoms with E-state index >= 15 is 0 Å². The first-order valence-electron chi connectivity index (χ1n) is 5.55. The van der Waals surface area contributed by atoms with Crippen LogP contribution in [0, 0.1) is 0 Å². The molecule has 0 saturated carbocycles. The minimum Gasteiger partial charge on any atom is -0.470 e. The summed E-state index contributed by atoms with van der Waals surface area (Å²) in [4.78, 5) is 16.2. The smallest absolute Gasteiger partial charge is 0.273 e. The molecule has 0 radical (unpaired) electrons. The van der Waals surface area contributed by atoms with E-state index in [2.05, 4.69) is 10.3 Å². The molecule has 1 aromatic heterocycles. The average molecular weight is 274 g/mol. The number of carbonyl (C=O) groups is 1. The van der Waals surface area contributed by atoms with Crippen molar-refractivity contribution in [3.05, 3.63) is 11.1 Å². The number of aromatic nitrogens is 1. The zero-order valence-electron chi connectivity index (χ0n) is 10.6. The number of amides is 1. The van der Waals surface area contributed by atoms with Crippen molar-refractivity contribution >= 4 is 17.2 Å². The monoisotopic (exact) mass is 274 g/mol. The topological polar surface area (TPSA) is 91.7 Å². The Morgan fingerprint density at radius 3 is 2.78 bits per heavy atom. The highest BCUT2D eigenvalue weighted by atomic mass is 32.1. The molecule has 0 bridgehead atoms. The summed E-state index contributed by atoms with van der Waals surface area (Å²) in [7, 11) is 0. The third kappa shape index (κ3) is 5.44. The molecule has 1 rings (SSSR count). The number of carbonyl (C=O) groups excluding carboxylic acids is 1. The quantitative estimate of drug-likeness (QED) is 0.689. The number of aliphatic hydroxyl groups excluding tert-OH is 1. The highest BCUT2D eigenvalue weighted by Crippen LogP contribution is 2.21. The molecule has 0 atom stereocenters. The van der Waals surface area contributed by atoms with Gasteiger partial charge in [0.15, 0.2) is 6.29 Å². The van der Waals surface area contributed by atoms with Gasteiger partial charge in [-0.15, -0.1) is 0 Å². The molecule has 0 spiro atoms.